The van der Waals surface area contributed by atoms with E-state index in [1.54, 1.807) is 0 Å². The maximum Gasteiger partial charge on any atom is 0.00388 e. The second-order valence-corrected chi connectivity index (χ2v) is 9.91. The van der Waals surface area contributed by atoms with Crippen molar-refractivity contribution in [1.29, 1.82) is 0 Å². The van der Waals surface area contributed by atoms with Crippen molar-refractivity contribution in [3.63, 3.8) is 0 Å². The second kappa shape index (κ2) is 14.0. The first kappa shape index (κ1) is 27.9. The van der Waals surface area contributed by atoms with Crippen LogP contribution in [-0.2, 0) is 0 Å². The van der Waals surface area contributed by atoms with Crippen LogP contribution >= 0.6 is 0 Å². The van der Waals surface area contributed by atoms with Crippen molar-refractivity contribution in [3.8, 4) is 0 Å². The molecular formula is C26H56N2. The standard InChI is InChI=1S/C11H21N.C11H23N.2C2H6/c1-7(2)11-9-5-12(8(3)4)6-10(9)11;1-9(2)11-5-7-12(8-6-11)10(3)4;2*1-2/h7-11H,5-6H2,1-4H3;9-11H,5-8H2,1-4H3;2*1-2H3. The van der Waals surface area contributed by atoms with Gasteiger partial charge in [0.1, 0.15) is 0 Å². The third-order valence-corrected chi connectivity index (χ3v) is 7.04. The van der Waals surface area contributed by atoms with Crippen LogP contribution in [0.3, 0.4) is 0 Å². The zero-order chi connectivity index (χ0) is 22.0. The van der Waals surface area contributed by atoms with Crippen molar-refractivity contribution in [2.45, 2.75) is 108 Å². The molecule has 170 valence electrons. The first-order chi connectivity index (χ1) is 13.2. The van der Waals surface area contributed by atoms with Crippen molar-refractivity contribution in [2.75, 3.05) is 26.2 Å². The number of nitrogens with zero attached hydrogens (tertiary/aromatic N) is 2. The summed E-state index contributed by atoms with van der Waals surface area (Å²) in [4.78, 5) is 5.23. The van der Waals surface area contributed by atoms with Crippen molar-refractivity contribution in [2.24, 2.45) is 35.5 Å². The minimum atomic E-state index is 0.748. The van der Waals surface area contributed by atoms with Gasteiger partial charge in [0.2, 0.25) is 0 Å². The lowest BCUT2D eigenvalue weighted by Crippen LogP contribution is -2.39. The smallest absolute Gasteiger partial charge is 0.00388 e. The summed E-state index contributed by atoms with van der Waals surface area (Å²) < 4.78 is 0. The number of hydrogen-bond acceptors (Lipinski definition) is 2. The van der Waals surface area contributed by atoms with E-state index >= 15 is 0 Å². The van der Waals surface area contributed by atoms with E-state index in [0.717, 1.165) is 47.6 Å². The summed E-state index contributed by atoms with van der Waals surface area (Å²) in [6.45, 7) is 32.1. The molecule has 0 aromatic carbocycles. The van der Waals surface area contributed by atoms with E-state index < -0.39 is 0 Å². The Hall–Kier alpha value is -0.0800. The number of rotatable bonds is 4. The highest BCUT2D eigenvalue weighted by Crippen LogP contribution is 2.55. The van der Waals surface area contributed by atoms with E-state index in [9.17, 15) is 0 Å². The van der Waals surface area contributed by atoms with Crippen LogP contribution in [0.2, 0.25) is 0 Å². The minimum Gasteiger partial charge on any atom is -0.301 e. The van der Waals surface area contributed by atoms with Crippen LogP contribution in [0.15, 0.2) is 0 Å². The Bertz CT molecular complexity index is 321. The number of hydrogen-bond donors (Lipinski definition) is 0. The first-order valence-corrected chi connectivity index (χ1v) is 12.7. The molecule has 2 unspecified atom stereocenters. The summed E-state index contributed by atoms with van der Waals surface area (Å²) in [5.74, 6) is 5.99. The fourth-order valence-electron chi connectivity index (χ4n) is 5.12. The Morgan fingerprint density at radius 1 is 0.571 bits per heavy atom. The quantitative estimate of drug-likeness (QED) is 0.502. The lowest BCUT2D eigenvalue weighted by atomic mass is 9.86. The molecule has 1 aliphatic carbocycles. The van der Waals surface area contributed by atoms with Crippen molar-refractivity contribution >= 4 is 0 Å². The van der Waals surface area contributed by atoms with E-state index in [4.69, 9.17) is 0 Å². The van der Waals surface area contributed by atoms with E-state index in [1.807, 2.05) is 27.7 Å². The van der Waals surface area contributed by atoms with Crippen LogP contribution in [0.25, 0.3) is 0 Å². The molecule has 0 amide bonds. The monoisotopic (exact) mass is 396 g/mol. The lowest BCUT2D eigenvalue weighted by Gasteiger charge is -2.36. The van der Waals surface area contributed by atoms with Gasteiger partial charge < -0.3 is 9.80 Å². The topological polar surface area (TPSA) is 6.48 Å². The van der Waals surface area contributed by atoms with Gasteiger partial charge in [0.15, 0.2) is 0 Å². The van der Waals surface area contributed by atoms with Gasteiger partial charge in [0, 0.05) is 25.2 Å². The van der Waals surface area contributed by atoms with Gasteiger partial charge in [-0.2, -0.15) is 0 Å². The van der Waals surface area contributed by atoms with Crippen LogP contribution in [0.5, 0.6) is 0 Å². The summed E-state index contributed by atoms with van der Waals surface area (Å²) in [5.41, 5.74) is 0. The second-order valence-electron chi connectivity index (χ2n) is 9.91. The normalized spacial score (nSPS) is 27.6. The summed E-state index contributed by atoms with van der Waals surface area (Å²) in [6, 6.07) is 1.52. The van der Waals surface area contributed by atoms with E-state index in [-0.39, 0.29) is 0 Å². The van der Waals surface area contributed by atoms with Crippen LogP contribution in [0.1, 0.15) is 95.9 Å². The molecule has 3 aliphatic rings. The van der Waals surface area contributed by atoms with Gasteiger partial charge in [-0.25, -0.2) is 0 Å². The van der Waals surface area contributed by atoms with Gasteiger partial charge in [-0.3, -0.25) is 0 Å². The molecule has 28 heavy (non-hydrogen) atoms. The predicted molar refractivity (Wildman–Crippen MR) is 129 cm³/mol. The molecular weight excluding hydrogens is 340 g/mol. The third kappa shape index (κ3) is 8.34. The summed E-state index contributed by atoms with van der Waals surface area (Å²) in [6.07, 6.45) is 2.83. The Labute approximate surface area is 179 Å². The first-order valence-electron chi connectivity index (χ1n) is 12.7. The Balaban J connectivity index is 0.000000443. The van der Waals surface area contributed by atoms with Gasteiger partial charge in [-0.05, 0) is 89.1 Å². The fourth-order valence-corrected chi connectivity index (χ4v) is 5.12. The zero-order valence-corrected chi connectivity index (χ0v) is 21.8. The Morgan fingerprint density at radius 2 is 0.964 bits per heavy atom. The van der Waals surface area contributed by atoms with Crippen LogP contribution in [0, 0.1) is 35.5 Å². The molecule has 2 saturated heterocycles. The molecule has 2 atom stereocenters. The van der Waals surface area contributed by atoms with Gasteiger partial charge in [-0.1, -0.05) is 55.4 Å². The zero-order valence-electron chi connectivity index (χ0n) is 21.8. The molecule has 2 heteroatoms. The fraction of sp³-hybridized carbons (Fsp3) is 1.00. The lowest BCUT2D eigenvalue weighted by molar-refractivity contribution is 0.129. The van der Waals surface area contributed by atoms with E-state index in [1.165, 1.54) is 39.0 Å². The average molecular weight is 397 g/mol. The molecule has 0 N–H and O–H groups in total. The molecule has 0 aromatic heterocycles. The molecule has 2 aliphatic heterocycles. The number of fused-ring (bicyclic) bond motifs is 1. The Morgan fingerprint density at radius 3 is 1.25 bits per heavy atom. The minimum absolute atomic E-state index is 0.748. The van der Waals surface area contributed by atoms with Crippen molar-refractivity contribution in [3.05, 3.63) is 0 Å². The highest BCUT2D eigenvalue weighted by atomic mass is 15.2. The molecule has 0 aromatic rings. The molecule has 0 bridgehead atoms. The Kier molecular flexibility index (Phi) is 14.0. The average Bonchev–Trinajstić information content (AvgIpc) is 3.20. The van der Waals surface area contributed by atoms with Crippen molar-refractivity contribution < 1.29 is 0 Å². The summed E-state index contributed by atoms with van der Waals surface area (Å²) >= 11 is 0. The van der Waals surface area contributed by atoms with Crippen molar-refractivity contribution in [1.82, 2.24) is 9.80 Å². The number of likely N-dealkylation sites (tertiary alicyclic amines) is 2. The maximum absolute atomic E-state index is 2.63. The van der Waals surface area contributed by atoms with Gasteiger partial charge in [0.25, 0.3) is 0 Å². The predicted octanol–water partition coefficient (Wildman–Crippen LogP) is 7.04. The molecule has 2 nitrogen and oxygen atoms in total. The largest absolute Gasteiger partial charge is 0.301 e. The van der Waals surface area contributed by atoms with Gasteiger partial charge >= 0.3 is 0 Å². The molecule has 3 rings (SSSR count). The molecule has 2 heterocycles. The van der Waals surface area contributed by atoms with Crippen LogP contribution < -0.4 is 0 Å². The molecule has 1 saturated carbocycles. The SMILES string of the molecule is CC.CC.CC(C)C1C2CN(C(C)C)CC21.CC(C)C1CCN(C(C)C)CC1. The van der Waals surface area contributed by atoms with E-state index in [0.29, 0.717) is 0 Å². The van der Waals surface area contributed by atoms with E-state index in [2.05, 4.69) is 65.2 Å². The maximum atomic E-state index is 2.63. The molecule has 3 fully saturated rings. The summed E-state index contributed by atoms with van der Waals surface area (Å²) in [7, 11) is 0. The number of piperidine rings is 2. The molecule has 0 radical (unpaired) electrons. The van der Waals surface area contributed by atoms with Gasteiger partial charge in [0.05, 0.1) is 0 Å². The highest BCUT2D eigenvalue weighted by molar-refractivity contribution is 5.06. The van der Waals surface area contributed by atoms with Gasteiger partial charge in [-0.15, -0.1) is 0 Å². The van der Waals surface area contributed by atoms with Crippen LogP contribution in [-0.4, -0.2) is 48.1 Å². The van der Waals surface area contributed by atoms with Crippen LogP contribution in [0.4, 0.5) is 0 Å². The summed E-state index contributed by atoms with van der Waals surface area (Å²) in [5, 5.41) is 0. The molecule has 0 spiro atoms. The highest BCUT2D eigenvalue weighted by Gasteiger charge is 2.56. The third-order valence-electron chi connectivity index (χ3n) is 7.04.